The van der Waals surface area contributed by atoms with Crippen molar-refractivity contribution in [3.63, 3.8) is 0 Å². The molecule has 2 N–H and O–H groups in total. The van der Waals surface area contributed by atoms with Gasteiger partial charge in [0.25, 0.3) is 0 Å². The van der Waals surface area contributed by atoms with Crippen molar-refractivity contribution in [2.45, 2.75) is 18.9 Å². The minimum absolute atomic E-state index is 0.263. The minimum Gasteiger partial charge on any atom is -0.499 e. The van der Waals surface area contributed by atoms with Crippen LogP contribution in [0.1, 0.15) is 12.8 Å². The molecule has 0 aromatic rings. The smallest absolute Gasteiger partial charge is 0.125 e. The van der Waals surface area contributed by atoms with Crippen molar-refractivity contribution in [2.24, 2.45) is 16.8 Å². The number of methoxy groups -OCH3 is 1. The summed E-state index contributed by atoms with van der Waals surface area (Å²) < 4.78 is 4.95. The van der Waals surface area contributed by atoms with Gasteiger partial charge >= 0.3 is 0 Å². The van der Waals surface area contributed by atoms with Crippen LogP contribution in [0.3, 0.4) is 0 Å². The summed E-state index contributed by atoms with van der Waals surface area (Å²) in [5.41, 5.74) is 5.98. The molecule has 0 spiro atoms. The van der Waals surface area contributed by atoms with Crippen LogP contribution in [0.15, 0.2) is 16.6 Å². The lowest BCUT2D eigenvalue weighted by Gasteiger charge is -2.25. The summed E-state index contributed by atoms with van der Waals surface area (Å²) in [4.78, 5) is 20.9. The average Bonchev–Trinajstić information content (AvgIpc) is 2.17. The van der Waals surface area contributed by atoms with Gasteiger partial charge in [0.15, 0.2) is 0 Å². The van der Waals surface area contributed by atoms with Crippen LogP contribution in [0.4, 0.5) is 0 Å². The lowest BCUT2D eigenvalue weighted by molar-refractivity contribution is -0.112. The van der Waals surface area contributed by atoms with Crippen molar-refractivity contribution in [3.05, 3.63) is 16.4 Å². The largest absolute Gasteiger partial charge is 0.499 e. The SMILES string of the molecule is COC1=C(N=O)CC(N)[C@@H](C=O)C1. The van der Waals surface area contributed by atoms with Gasteiger partial charge in [-0.15, -0.1) is 4.91 Å². The second-order valence-corrected chi connectivity index (χ2v) is 3.04. The summed E-state index contributed by atoms with van der Waals surface area (Å²) >= 11 is 0. The van der Waals surface area contributed by atoms with Gasteiger partial charge in [-0.1, -0.05) is 0 Å². The Morgan fingerprint density at radius 1 is 1.62 bits per heavy atom. The Hall–Kier alpha value is -1.23. The van der Waals surface area contributed by atoms with E-state index in [9.17, 15) is 9.70 Å². The molecule has 0 radical (unpaired) electrons. The molecule has 1 unspecified atom stereocenters. The molecule has 0 amide bonds. The first-order valence-corrected chi connectivity index (χ1v) is 4.03. The lowest BCUT2D eigenvalue weighted by Crippen LogP contribution is -2.35. The standard InChI is InChI=1S/C8H12N2O3/c1-13-8-2-5(4-11)6(9)3-7(8)10-12/h4-6H,2-3,9H2,1H3/t5-,6?/m1/s1. The molecule has 72 valence electrons. The Balaban J connectivity index is 2.86. The van der Waals surface area contributed by atoms with E-state index in [0.29, 0.717) is 24.3 Å². The molecule has 1 rings (SSSR count). The van der Waals surface area contributed by atoms with Gasteiger partial charge in [-0.2, -0.15) is 0 Å². The fraction of sp³-hybridized carbons (Fsp3) is 0.625. The first kappa shape index (κ1) is 9.85. The predicted octanol–water partition coefficient (Wildman–Crippen LogP) is 0.547. The molecule has 0 heterocycles. The van der Waals surface area contributed by atoms with Gasteiger partial charge in [0.05, 0.1) is 7.11 Å². The van der Waals surface area contributed by atoms with Gasteiger partial charge in [0.1, 0.15) is 17.7 Å². The molecule has 0 saturated heterocycles. The van der Waals surface area contributed by atoms with E-state index in [1.54, 1.807) is 0 Å². The maximum atomic E-state index is 10.6. The number of nitrogens with two attached hydrogens (primary N) is 1. The normalized spacial score (nSPS) is 28.5. The van der Waals surface area contributed by atoms with Crippen LogP contribution in [-0.4, -0.2) is 19.4 Å². The van der Waals surface area contributed by atoms with Crippen molar-refractivity contribution < 1.29 is 9.53 Å². The van der Waals surface area contributed by atoms with E-state index >= 15 is 0 Å². The van der Waals surface area contributed by atoms with Gasteiger partial charge in [0.2, 0.25) is 0 Å². The molecule has 5 nitrogen and oxygen atoms in total. The Morgan fingerprint density at radius 2 is 2.31 bits per heavy atom. The first-order chi connectivity index (χ1) is 6.22. The van der Waals surface area contributed by atoms with Crippen molar-refractivity contribution >= 4 is 6.29 Å². The maximum Gasteiger partial charge on any atom is 0.125 e. The number of allylic oxidation sites excluding steroid dienone is 1. The topological polar surface area (TPSA) is 81.8 Å². The molecule has 5 heteroatoms. The summed E-state index contributed by atoms with van der Waals surface area (Å²) in [5, 5.41) is 2.83. The van der Waals surface area contributed by atoms with Gasteiger partial charge in [0, 0.05) is 24.8 Å². The van der Waals surface area contributed by atoms with Crippen LogP contribution in [0.2, 0.25) is 0 Å². The highest BCUT2D eigenvalue weighted by atomic mass is 16.5. The summed E-state index contributed by atoms with van der Waals surface area (Å²) in [6.07, 6.45) is 1.49. The minimum atomic E-state index is -0.316. The zero-order chi connectivity index (χ0) is 9.84. The molecule has 13 heavy (non-hydrogen) atoms. The third-order valence-corrected chi connectivity index (χ3v) is 2.25. The second kappa shape index (κ2) is 4.13. The number of aldehydes is 1. The fourth-order valence-corrected chi connectivity index (χ4v) is 1.41. The van der Waals surface area contributed by atoms with Crippen LogP contribution in [0, 0.1) is 10.8 Å². The molecule has 1 aliphatic rings. The molecule has 1 aliphatic carbocycles. The molecule has 0 bridgehead atoms. The van der Waals surface area contributed by atoms with Gasteiger partial charge in [-0.05, 0) is 5.18 Å². The Labute approximate surface area is 75.9 Å². The number of ether oxygens (including phenoxy) is 1. The molecule has 0 saturated carbocycles. The van der Waals surface area contributed by atoms with E-state index in [1.807, 2.05) is 0 Å². The second-order valence-electron chi connectivity index (χ2n) is 3.04. The van der Waals surface area contributed by atoms with Crippen LogP contribution in [0.25, 0.3) is 0 Å². The van der Waals surface area contributed by atoms with Gasteiger partial charge in [-0.3, -0.25) is 0 Å². The van der Waals surface area contributed by atoms with E-state index in [4.69, 9.17) is 10.5 Å². The number of carbonyl (C=O) groups is 1. The zero-order valence-corrected chi connectivity index (χ0v) is 7.40. The molecular formula is C8H12N2O3. The van der Waals surface area contributed by atoms with E-state index in [2.05, 4.69) is 5.18 Å². The van der Waals surface area contributed by atoms with E-state index in [1.165, 1.54) is 7.11 Å². The molecule has 0 aliphatic heterocycles. The van der Waals surface area contributed by atoms with Crippen LogP contribution >= 0.6 is 0 Å². The quantitative estimate of drug-likeness (QED) is 0.512. The molecule has 0 aromatic heterocycles. The highest BCUT2D eigenvalue weighted by molar-refractivity contribution is 5.56. The third-order valence-electron chi connectivity index (χ3n) is 2.25. The predicted molar refractivity (Wildman–Crippen MR) is 46.6 cm³/mol. The number of nitroso groups, excluding NO2 is 1. The van der Waals surface area contributed by atoms with E-state index in [-0.39, 0.29) is 12.0 Å². The molecule has 0 fully saturated rings. The van der Waals surface area contributed by atoms with E-state index in [0.717, 1.165) is 6.29 Å². The Bertz CT molecular complexity index is 250. The Kier molecular flexibility index (Phi) is 3.13. The monoisotopic (exact) mass is 184 g/mol. The molecular weight excluding hydrogens is 172 g/mol. The number of rotatable bonds is 3. The lowest BCUT2D eigenvalue weighted by atomic mass is 9.88. The van der Waals surface area contributed by atoms with Crippen molar-refractivity contribution in [1.29, 1.82) is 0 Å². The third kappa shape index (κ3) is 1.92. The zero-order valence-electron chi connectivity index (χ0n) is 7.40. The van der Waals surface area contributed by atoms with Crippen LogP contribution in [-0.2, 0) is 9.53 Å². The van der Waals surface area contributed by atoms with Crippen LogP contribution in [0.5, 0.6) is 0 Å². The van der Waals surface area contributed by atoms with Crippen molar-refractivity contribution in [2.75, 3.05) is 7.11 Å². The highest BCUT2D eigenvalue weighted by Crippen LogP contribution is 2.28. The maximum absolute atomic E-state index is 10.6. The summed E-state index contributed by atoms with van der Waals surface area (Å²) in [7, 11) is 1.46. The average molecular weight is 184 g/mol. The number of carbonyl (C=O) groups excluding carboxylic acids is 1. The fourth-order valence-electron chi connectivity index (χ4n) is 1.41. The van der Waals surface area contributed by atoms with Gasteiger partial charge in [-0.25, -0.2) is 0 Å². The van der Waals surface area contributed by atoms with Gasteiger partial charge < -0.3 is 15.3 Å². The summed E-state index contributed by atoms with van der Waals surface area (Å²) in [6.45, 7) is 0. The summed E-state index contributed by atoms with van der Waals surface area (Å²) in [6, 6.07) is -0.316. The van der Waals surface area contributed by atoms with Crippen molar-refractivity contribution in [3.8, 4) is 0 Å². The van der Waals surface area contributed by atoms with Crippen molar-refractivity contribution in [1.82, 2.24) is 0 Å². The van der Waals surface area contributed by atoms with Crippen LogP contribution < -0.4 is 5.73 Å². The number of hydrogen-bond acceptors (Lipinski definition) is 5. The highest BCUT2D eigenvalue weighted by Gasteiger charge is 2.28. The molecule has 0 aromatic carbocycles. The Morgan fingerprint density at radius 3 is 2.77 bits per heavy atom. The van der Waals surface area contributed by atoms with E-state index < -0.39 is 0 Å². The summed E-state index contributed by atoms with van der Waals surface area (Å²) in [5.74, 6) is 0.217. The molecule has 2 atom stereocenters. The number of nitrogens with zero attached hydrogens (tertiary/aromatic N) is 1. The number of hydrogen-bond donors (Lipinski definition) is 1. The first-order valence-electron chi connectivity index (χ1n) is 4.03.